The molecular formula is C10H7ClFNO3. The molecule has 2 N–H and O–H groups in total. The molecule has 0 radical (unpaired) electrons. The molecule has 0 saturated carbocycles. The van der Waals surface area contributed by atoms with Crippen LogP contribution in [-0.4, -0.2) is 17.0 Å². The molecule has 0 aliphatic rings. The highest BCUT2D eigenvalue weighted by atomic mass is 35.5. The van der Waals surface area contributed by atoms with Crippen LogP contribution in [0.25, 0.3) is 0 Å². The summed E-state index contributed by atoms with van der Waals surface area (Å²) in [5.74, 6) is -2.42. The van der Waals surface area contributed by atoms with E-state index in [0.29, 0.717) is 6.08 Å². The monoisotopic (exact) mass is 243 g/mol. The van der Waals surface area contributed by atoms with E-state index >= 15 is 0 Å². The van der Waals surface area contributed by atoms with E-state index in [0.717, 1.165) is 18.2 Å². The molecular weight excluding hydrogens is 237 g/mol. The van der Waals surface area contributed by atoms with Gasteiger partial charge in [0.1, 0.15) is 5.82 Å². The fourth-order valence-corrected chi connectivity index (χ4v) is 1.13. The second-order valence-corrected chi connectivity index (χ2v) is 3.19. The van der Waals surface area contributed by atoms with Crippen molar-refractivity contribution in [2.24, 2.45) is 0 Å². The van der Waals surface area contributed by atoms with Crippen molar-refractivity contribution in [2.75, 3.05) is 5.32 Å². The summed E-state index contributed by atoms with van der Waals surface area (Å²) in [5.41, 5.74) is 0.211. The van der Waals surface area contributed by atoms with Gasteiger partial charge in [-0.1, -0.05) is 11.6 Å². The molecule has 0 aliphatic carbocycles. The Morgan fingerprint density at radius 1 is 1.38 bits per heavy atom. The largest absolute Gasteiger partial charge is 0.478 e. The first-order valence-electron chi connectivity index (χ1n) is 4.16. The van der Waals surface area contributed by atoms with Crippen molar-refractivity contribution in [1.29, 1.82) is 0 Å². The predicted octanol–water partition coefficient (Wildman–Crippen LogP) is 2.06. The number of aliphatic carboxylic acids is 1. The summed E-state index contributed by atoms with van der Waals surface area (Å²) in [6, 6.07) is 3.45. The molecule has 0 heterocycles. The third-order valence-electron chi connectivity index (χ3n) is 1.57. The summed E-state index contributed by atoms with van der Waals surface area (Å²) in [6.45, 7) is 0. The third-order valence-corrected chi connectivity index (χ3v) is 1.88. The molecule has 0 spiro atoms. The highest BCUT2D eigenvalue weighted by Crippen LogP contribution is 2.22. The van der Waals surface area contributed by atoms with Gasteiger partial charge in [0, 0.05) is 12.2 Å². The molecule has 0 fully saturated rings. The number of nitrogens with one attached hydrogen (secondary N) is 1. The Morgan fingerprint density at radius 3 is 2.62 bits per heavy atom. The third kappa shape index (κ3) is 3.70. The van der Waals surface area contributed by atoms with Crippen LogP contribution in [0.2, 0.25) is 5.02 Å². The van der Waals surface area contributed by atoms with Crippen LogP contribution in [0.3, 0.4) is 0 Å². The first-order valence-corrected chi connectivity index (χ1v) is 4.54. The number of halogens is 2. The van der Waals surface area contributed by atoms with Crippen LogP contribution < -0.4 is 5.32 Å². The van der Waals surface area contributed by atoms with Crippen molar-refractivity contribution in [1.82, 2.24) is 0 Å². The fourth-order valence-electron chi connectivity index (χ4n) is 0.912. The van der Waals surface area contributed by atoms with Gasteiger partial charge in [-0.05, 0) is 18.2 Å². The zero-order valence-corrected chi connectivity index (χ0v) is 8.66. The Morgan fingerprint density at radius 2 is 2.06 bits per heavy atom. The number of carboxylic acids is 1. The number of hydrogen-bond donors (Lipinski definition) is 2. The minimum atomic E-state index is -1.24. The smallest absolute Gasteiger partial charge is 0.328 e. The van der Waals surface area contributed by atoms with Crippen LogP contribution >= 0.6 is 11.6 Å². The Labute approximate surface area is 95.3 Å². The summed E-state index contributed by atoms with van der Waals surface area (Å²) in [5, 5.41) is 10.6. The fraction of sp³-hybridized carbons (Fsp3) is 0. The van der Waals surface area contributed by atoms with E-state index in [1.807, 2.05) is 0 Å². The van der Waals surface area contributed by atoms with E-state index in [2.05, 4.69) is 5.32 Å². The van der Waals surface area contributed by atoms with Gasteiger partial charge >= 0.3 is 5.97 Å². The van der Waals surface area contributed by atoms with Gasteiger partial charge in [0.25, 0.3) is 0 Å². The number of carboxylic acid groups (broad SMARTS) is 1. The predicted molar refractivity (Wildman–Crippen MR) is 56.8 cm³/mol. The number of carbonyl (C=O) groups is 2. The quantitative estimate of drug-likeness (QED) is 0.799. The van der Waals surface area contributed by atoms with Crippen LogP contribution in [0.5, 0.6) is 0 Å². The van der Waals surface area contributed by atoms with Crippen molar-refractivity contribution in [2.45, 2.75) is 0 Å². The van der Waals surface area contributed by atoms with Crippen molar-refractivity contribution >= 4 is 29.2 Å². The van der Waals surface area contributed by atoms with Crippen molar-refractivity contribution in [3.8, 4) is 0 Å². The number of benzene rings is 1. The van der Waals surface area contributed by atoms with Crippen LogP contribution in [0.15, 0.2) is 30.4 Å². The Hall–Kier alpha value is -1.88. The molecule has 0 saturated heterocycles. The standard InChI is InChI=1S/C10H7ClFNO3/c11-7-5-6(12)1-2-8(7)13-9(14)3-4-10(15)16/h1-5H,(H,13,14)(H,15,16)/b4-3+. The minimum Gasteiger partial charge on any atom is -0.478 e. The molecule has 0 aromatic heterocycles. The molecule has 4 nitrogen and oxygen atoms in total. The average Bonchev–Trinajstić information content (AvgIpc) is 2.19. The molecule has 0 atom stereocenters. The number of amides is 1. The van der Waals surface area contributed by atoms with Gasteiger partial charge in [-0.15, -0.1) is 0 Å². The summed E-state index contributed by atoms with van der Waals surface area (Å²) in [7, 11) is 0. The van der Waals surface area contributed by atoms with Crippen molar-refractivity contribution < 1.29 is 19.1 Å². The number of carbonyl (C=O) groups excluding carboxylic acids is 1. The maximum atomic E-state index is 12.6. The van der Waals surface area contributed by atoms with Crippen molar-refractivity contribution in [3.05, 3.63) is 41.2 Å². The Kier molecular flexibility index (Phi) is 4.02. The minimum absolute atomic E-state index is 0.0390. The van der Waals surface area contributed by atoms with Crippen LogP contribution in [0.1, 0.15) is 0 Å². The zero-order chi connectivity index (χ0) is 12.1. The van der Waals surface area contributed by atoms with Gasteiger partial charge in [-0.3, -0.25) is 4.79 Å². The number of anilines is 1. The molecule has 16 heavy (non-hydrogen) atoms. The van der Waals surface area contributed by atoms with Crippen LogP contribution in [0.4, 0.5) is 10.1 Å². The topological polar surface area (TPSA) is 66.4 Å². The van der Waals surface area contributed by atoms with Gasteiger partial charge in [-0.25, -0.2) is 9.18 Å². The molecule has 1 rings (SSSR count). The van der Waals surface area contributed by atoms with Crippen LogP contribution in [-0.2, 0) is 9.59 Å². The summed E-state index contributed by atoms with van der Waals surface area (Å²) < 4.78 is 12.6. The molecule has 6 heteroatoms. The summed E-state index contributed by atoms with van der Waals surface area (Å²) >= 11 is 5.64. The van der Waals surface area contributed by atoms with E-state index in [1.165, 1.54) is 6.07 Å². The lowest BCUT2D eigenvalue weighted by molar-refractivity contribution is -0.131. The summed E-state index contributed by atoms with van der Waals surface area (Å²) in [4.78, 5) is 21.3. The molecule has 84 valence electrons. The van der Waals surface area contributed by atoms with Gasteiger partial charge < -0.3 is 10.4 Å². The lowest BCUT2D eigenvalue weighted by atomic mass is 10.3. The first kappa shape index (κ1) is 12.2. The second-order valence-electron chi connectivity index (χ2n) is 2.78. The van der Waals surface area contributed by atoms with E-state index in [9.17, 15) is 14.0 Å². The van der Waals surface area contributed by atoms with Gasteiger partial charge in [0.15, 0.2) is 0 Å². The highest BCUT2D eigenvalue weighted by Gasteiger charge is 2.04. The molecule has 1 aromatic carbocycles. The van der Waals surface area contributed by atoms with E-state index < -0.39 is 17.7 Å². The van der Waals surface area contributed by atoms with Gasteiger partial charge in [-0.2, -0.15) is 0 Å². The van der Waals surface area contributed by atoms with Crippen LogP contribution in [0, 0.1) is 5.82 Å². The number of hydrogen-bond acceptors (Lipinski definition) is 2. The molecule has 1 aromatic rings. The zero-order valence-electron chi connectivity index (χ0n) is 7.91. The normalized spacial score (nSPS) is 10.4. The Balaban J connectivity index is 2.73. The SMILES string of the molecule is O=C(O)/C=C/C(=O)Nc1ccc(F)cc1Cl. The molecule has 0 bridgehead atoms. The lowest BCUT2D eigenvalue weighted by Crippen LogP contribution is -2.09. The summed E-state index contributed by atoms with van der Waals surface area (Å²) in [6.07, 6.45) is 1.52. The first-order chi connectivity index (χ1) is 7.49. The molecule has 0 unspecified atom stereocenters. The average molecular weight is 244 g/mol. The lowest BCUT2D eigenvalue weighted by Gasteiger charge is -2.04. The van der Waals surface area contributed by atoms with Gasteiger partial charge in [0.2, 0.25) is 5.91 Å². The molecule has 0 aliphatic heterocycles. The Bertz CT molecular complexity index is 459. The highest BCUT2D eigenvalue weighted by molar-refractivity contribution is 6.33. The molecule has 1 amide bonds. The van der Waals surface area contributed by atoms with E-state index in [4.69, 9.17) is 16.7 Å². The van der Waals surface area contributed by atoms with E-state index in [-0.39, 0.29) is 10.7 Å². The van der Waals surface area contributed by atoms with Gasteiger partial charge in [0.05, 0.1) is 10.7 Å². The van der Waals surface area contributed by atoms with E-state index in [1.54, 1.807) is 0 Å². The number of rotatable bonds is 3. The van der Waals surface area contributed by atoms with Crippen molar-refractivity contribution in [3.63, 3.8) is 0 Å². The second kappa shape index (κ2) is 5.27. The maximum Gasteiger partial charge on any atom is 0.328 e. The maximum absolute atomic E-state index is 12.6.